The summed E-state index contributed by atoms with van der Waals surface area (Å²) in [5, 5.41) is 13.5. The molecule has 3 aliphatic heterocycles. The van der Waals surface area contributed by atoms with Gasteiger partial charge in [-0.05, 0) is 43.9 Å². The second-order valence-corrected chi connectivity index (χ2v) is 8.23. The van der Waals surface area contributed by atoms with Crippen molar-refractivity contribution in [1.29, 1.82) is 0 Å². The largest absolute Gasteiger partial charge is 0.508 e. The van der Waals surface area contributed by atoms with Crippen LogP contribution in [-0.2, 0) is 11.3 Å². The number of fused-ring (bicyclic) bond motifs is 3. The van der Waals surface area contributed by atoms with E-state index in [0.717, 1.165) is 43.7 Å². The first-order chi connectivity index (χ1) is 15.1. The Morgan fingerprint density at radius 2 is 2.10 bits per heavy atom. The third-order valence-electron chi connectivity index (χ3n) is 6.18. The summed E-state index contributed by atoms with van der Waals surface area (Å²) in [6, 6.07) is 5.79. The number of carbonyl (C=O) groups excluding carboxylic acids is 1. The molecule has 31 heavy (non-hydrogen) atoms. The molecule has 0 saturated carbocycles. The number of benzene rings is 1. The summed E-state index contributed by atoms with van der Waals surface area (Å²) in [6.45, 7) is 7.71. The molecule has 0 spiro atoms. The van der Waals surface area contributed by atoms with E-state index in [0.29, 0.717) is 43.1 Å². The minimum Gasteiger partial charge on any atom is -0.508 e. The predicted molar refractivity (Wildman–Crippen MR) is 118 cm³/mol. The number of aryl methyl sites for hydroxylation is 1. The third-order valence-corrected chi connectivity index (χ3v) is 6.18. The Morgan fingerprint density at radius 1 is 1.29 bits per heavy atom. The van der Waals surface area contributed by atoms with Crippen LogP contribution in [0.1, 0.15) is 41.4 Å². The van der Waals surface area contributed by atoms with Crippen LogP contribution in [0, 0.1) is 6.92 Å². The minimum atomic E-state index is -0.0718. The van der Waals surface area contributed by atoms with Crippen molar-refractivity contribution in [3.63, 3.8) is 0 Å². The molecule has 1 saturated heterocycles. The quantitative estimate of drug-likeness (QED) is 0.764. The Labute approximate surface area is 181 Å². The number of imidazole rings is 1. The van der Waals surface area contributed by atoms with E-state index in [1.165, 1.54) is 0 Å². The Kier molecular flexibility index (Phi) is 5.05. The lowest BCUT2D eigenvalue weighted by atomic mass is 10.1. The second-order valence-electron chi connectivity index (χ2n) is 8.23. The van der Waals surface area contributed by atoms with Crippen LogP contribution in [0.15, 0.2) is 23.2 Å². The molecule has 0 atom stereocenters. The van der Waals surface area contributed by atoms with E-state index in [9.17, 15) is 9.90 Å². The fourth-order valence-corrected chi connectivity index (χ4v) is 4.50. The van der Waals surface area contributed by atoms with Crippen molar-refractivity contribution in [2.24, 2.45) is 4.99 Å². The number of amides is 1. The van der Waals surface area contributed by atoms with Gasteiger partial charge >= 0.3 is 0 Å². The number of ether oxygens (including phenoxy) is 1. The van der Waals surface area contributed by atoms with Crippen LogP contribution in [0.3, 0.4) is 0 Å². The smallest absolute Gasteiger partial charge is 0.281 e. The molecule has 1 amide bonds. The summed E-state index contributed by atoms with van der Waals surface area (Å²) in [5.41, 5.74) is 2.39. The number of nitrogens with zero attached hydrogens (tertiary/aromatic N) is 5. The van der Waals surface area contributed by atoms with Crippen LogP contribution in [-0.4, -0.2) is 70.3 Å². The van der Waals surface area contributed by atoms with Gasteiger partial charge in [0.25, 0.3) is 5.91 Å². The maximum atomic E-state index is 13.5. The van der Waals surface area contributed by atoms with Gasteiger partial charge in [-0.15, -0.1) is 0 Å². The van der Waals surface area contributed by atoms with Crippen molar-refractivity contribution in [2.45, 2.75) is 39.3 Å². The van der Waals surface area contributed by atoms with Gasteiger partial charge in [0.15, 0.2) is 11.5 Å². The molecule has 9 heteroatoms. The average molecular weight is 425 g/mol. The van der Waals surface area contributed by atoms with Crippen molar-refractivity contribution in [3.8, 4) is 5.75 Å². The number of nitrogens with one attached hydrogen (secondary N) is 1. The molecule has 9 nitrogen and oxygen atoms in total. The topological polar surface area (TPSA) is 95.2 Å². The molecule has 5 rings (SSSR count). The number of hydrogen-bond donors (Lipinski definition) is 2. The highest BCUT2D eigenvalue weighted by atomic mass is 16.5. The fourth-order valence-electron chi connectivity index (χ4n) is 4.50. The molecule has 0 bridgehead atoms. The molecule has 0 aliphatic carbocycles. The number of aromatic hydroxyl groups is 1. The van der Waals surface area contributed by atoms with Gasteiger partial charge in [0.2, 0.25) is 11.9 Å². The molecule has 1 aromatic carbocycles. The van der Waals surface area contributed by atoms with Crippen molar-refractivity contribution < 1.29 is 14.6 Å². The Balaban J connectivity index is 1.59. The van der Waals surface area contributed by atoms with Gasteiger partial charge in [0, 0.05) is 32.3 Å². The highest BCUT2D eigenvalue weighted by Crippen LogP contribution is 2.34. The van der Waals surface area contributed by atoms with Crippen LogP contribution in [0.25, 0.3) is 0 Å². The number of carbonyl (C=O) groups is 1. The number of guanidine groups is 1. The fraction of sp³-hybridized carbons (Fsp3) is 0.500. The van der Waals surface area contributed by atoms with E-state index in [-0.39, 0.29) is 17.7 Å². The number of hydrogen-bond acceptors (Lipinski definition) is 7. The highest BCUT2D eigenvalue weighted by molar-refractivity contribution is 6.18. The maximum absolute atomic E-state index is 13.5. The Morgan fingerprint density at radius 3 is 2.84 bits per heavy atom. The Hall–Kier alpha value is -3.07. The minimum absolute atomic E-state index is 0.0718. The van der Waals surface area contributed by atoms with Gasteiger partial charge in [-0.3, -0.25) is 24.2 Å². The van der Waals surface area contributed by atoms with Gasteiger partial charge in [0.05, 0.1) is 13.1 Å². The molecule has 1 aromatic heterocycles. The zero-order valence-corrected chi connectivity index (χ0v) is 18.0. The number of phenolic OH excluding ortho intramolecular Hbond substituents is 1. The molecule has 0 radical (unpaired) electrons. The lowest BCUT2D eigenvalue weighted by Gasteiger charge is -2.32. The van der Waals surface area contributed by atoms with Gasteiger partial charge < -0.3 is 15.2 Å². The van der Waals surface area contributed by atoms with Crippen LogP contribution < -0.4 is 10.2 Å². The summed E-state index contributed by atoms with van der Waals surface area (Å²) >= 11 is 0. The molecule has 2 aromatic rings. The summed E-state index contributed by atoms with van der Waals surface area (Å²) < 4.78 is 7.48. The van der Waals surface area contributed by atoms with Crippen LogP contribution in [0.2, 0.25) is 0 Å². The molecule has 0 unspecified atom stereocenters. The van der Waals surface area contributed by atoms with Gasteiger partial charge in [0.1, 0.15) is 5.75 Å². The molecule has 164 valence electrons. The molecule has 2 N–H and O–H groups in total. The van der Waals surface area contributed by atoms with Crippen LogP contribution in [0.5, 0.6) is 5.75 Å². The number of phenols is 1. The van der Waals surface area contributed by atoms with E-state index in [4.69, 9.17) is 9.72 Å². The number of aliphatic imine (C=N–C) groups is 1. The predicted octanol–water partition coefficient (Wildman–Crippen LogP) is 2.19. The number of rotatable bonds is 5. The summed E-state index contributed by atoms with van der Waals surface area (Å²) in [7, 11) is 0. The highest BCUT2D eigenvalue weighted by Gasteiger charge is 2.41. The van der Waals surface area contributed by atoms with Crippen molar-refractivity contribution in [2.75, 3.05) is 43.1 Å². The zero-order chi connectivity index (χ0) is 21.5. The number of anilines is 2. The average Bonchev–Trinajstić information content (AvgIpc) is 3.38. The normalized spacial score (nSPS) is 18.8. The first-order valence-electron chi connectivity index (χ1n) is 10.9. The molecular weight excluding hydrogens is 396 g/mol. The Bertz CT molecular complexity index is 1040. The van der Waals surface area contributed by atoms with Crippen LogP contribution >= 0.6 is 0 Å². The molecular formula is C22H28N6O3. The van der Waals surface area contributed by atoms with E-state index >= 15 is 0 Å². The molecule has 1 fully saturated rings. The lowest BCUT2D eigenvalue weighted by Crippen LogP contribution is -2.50. The molecule has 4 heterocycles. The monoisotopic (exact) mass is 424 g/mol. The van der Waals surface area contributed by atoms with Gasteiger partial charge in [-0.25, -0.2) is 0 Å². The van der Waals surface area contributed by atoms with Crippen molar-refractivity contribution in [3.05, 3.63) is 35.0 Å². The summed E-state index contributed by atoms with van der Waals surface area (Å²) in [6.07, 6.45) is 1.81. The van der Waals surface area contributed by atoms with Gasteiger partial charge in [-0.2, -0.15) is 4.98 Å². The second kappa shape index (κ2) is 7.88. The lowest BCUT2D eigenvalue weighted by molar-refractivity contribution is 0.0835. The first-order valence-corrected chi connectivity index (χ1v) is 10.9. The van der Waals surface area contributed by atoms with E-state index in [2.05, 4.69) is 10.3 Å². The summed E-state index contributed by atoms with van der Waals surface area (Å²) in [5.74, 6) is 2.26. The zero-order valence-electron chi connectivity index (χ0n) is 18.0. The van der Waals surface area contributed by atoms with E-state index in [1.807, 2.05) is 35.4 Å². The van der Waals surface area contributed by atoms with E-state index < -0.39 is 0 Å². The van der Waals surface area contributed by atoms with E-state index in [1.54, 1.807) is 11.0 Å². The molecule has 3 aliphatic rings. The standard InChI is InChI=1S/C22H28N6O3/c1-3-26-20(30)18-19(27-9-8-23-22(26)27)25-21(24-16-6-10-31-11-7-16)28(18)13-15-4-5-17(29)14(2)12-15/h4-5,12,16,29H,3,6-11,13H2,1-2H3,(H,24,25). The van der Waals surface area contributed by atoms with Gasteiger partial charge in [-0.1, -0.05) is 12.1 Å². The van der Waals surface area contributed by atoms with Crippen molar-refractivity contribution in [1.82, 2.24) is 14.5 Å². The SMILES string of the molecule is CCN1C(=O)c2c(nc(NC3CCOCC3)n2Cc2ccc(O)c(C)c2)N2CCN=C12. The summed E-state index contributed by atoms with van der Waals surface area (Å²) in [4.78, 5) is 26.7. The van der Waals surface area contributed by atoms with Crippen LogP contribution in [0.4, 0.5) is 11.8 Å². The maximum Gasteiger partial charge on any atom is 0.281 e. The first kappa shape index (κ1) is 19.9. The number of aromatic nitrogens is 2. The van der Waals surface area contributed by atoms with Crippen molar-refractivity contribution >= 4 is 23.6 Å². The third kappa shape index (κ3) is 3.42.